The summed E-state index contributed by atoms with van der Waals surface area (Å²) in [5.41, 5.74) is 1.26. The maximum Gasteiger partial charge on any atom is 0.270 e. The van der Waals surface area contributed by atoms with Gasteiger partial charge in [-0.1, -0.05) is 0 Å². The largest absolute Gasteiger partial charge is 0.378 e. The number of nitro groups is 1. The van der Waals surface area contributed by atoms with Crippen molar-refractivity contribution in [3.63, 3.8) is 0 Å². The number of nitrogens with zero attached hydrogens (tertiary/aromatic N) is 3. The molecule has 1 aliphatic heterocycles. The molecule has 1 amide bonds. The van der Waals surface area contributed by atoms with E-state index >= 15 is 0 Å². The third-order valence-electron chi connectivity index (χ3n) is 4.47. The lowest BCUT2D eigenvalue weighted by Gasteiger charge is -2.31. The number of amides is 1. The summed E-state index contributed by atoms with van der Waals surface area (Å²) in [7, 11) is 0. The lowest BCUT2D eigenvalue weighted by Crippen LogP contribution is -2.38. The van der Waals surface area contributed by atoms with Crippen LogP contribution >= 0.6 is 0 Å². The summed E-state index contributed by atoms with van der Waals surface area (Å²) in [6.07, 6.45) is 0. The number of anilines is 2. The SMILES string of the molecule is CCN(C(=O)c1cc([N+](=O)[O-])ccc1N1CCOCC1)c1ccc(F)cc1. The Kier molecular flexibility index (Phi) is 5.66. The van der Waals surface area contributed by atoms with Crippen molar-refractivity contribution in [2.24, 2.45) is 0 Å². The quantitative estimate of drug-likeness (QED) is 0.594. The fraction of sp³-hybridized carbons (Fsp3) is 0.316. The molecule has 0 saturated carbocycles. The van der Waals surface area contributed by atoms with Gasteiger partial charge in [0.25, 0.3) is 11.6 Å². The third-order valence-corrected chi connectivity index (χ3v) is 4.47. The Labute approximate surface area is 156 Å². The third kappa shape index (κ3) is 4.06. The predicted molar refractivity (Wildman–Crippen MR) is 99.9 cm³/mol. The highest BCUT2D eigenvalue weighted by Crippen LogP contribution is 2.29. The Morgan fingerprint density at radius 3 is 2.48 bits per heavy atom. The molecule has 0 N–H and O–H groups in total. The van der Waals surface area contributed by atoms with Gasteiger partial charge in [0.05, 0.1) is 29.4 Å². The van der Waals surface area contributed by atoms with Gasteiger partial charge in [0.1, 0.15) is 5.82 Å². The molecule has 0 unspecified atom stereocenters. The number of carbonyl (C=O) groups excluding carboxylic acids is 1. The molecule has 7 nitrogen and oxygen atoms in total. The summed E-state index contributed by atoms with van der Waals surface area (Å²) in [5.74, 6) is -0.763. The zero-order chi connectivity index (χ0) is 19.4. The number of hydrogen-bond donors (Lipinski definition) is 0. The second kappa shape index (κ2) is 8.13. The number of ether oxygens (including phenoxy) is 1. The Morgan fingerprint density at radius 1 is 1.22 bits per heavy atom. The first-order valence-corrected chi connectivity index (χ1v) is 8.70. The van der Waals surface area contributed by atoms with Crippen LogP contribution in [-0.2, 0) is 4.74 Å². The van der Waals surface area contributed by atoms with Crippen molar-refractivity contribution in [1.29, 1.82) is 0 Å². The number of morpholine rings is 1. The van der Waals surface area contributed by atoms with Gasteiger partial charge in [0.2, 0.25) is 0 Å². The number of non-ortho nitro benzene ring substituents is 1. The van der Waals surface area contributed by atoms with Crippen molar-refractivity contribution in [3.8, 4) is 0 Å². The van der Waals surface area contributed by atoms with Crippen LogP contribution in [0, 0.1) is 15.9 Å². The lowest BCUT2D eigenvalue weighted by molar-refractivity contribution is -0.384. The van der Waals surface area contributed by atoms with Crippen molar-refractivity contribution in [3.05, 3.63) is 64.0 Å². The summed E-state index contributed by atoms with van der Waals surface area (Å²) in [4.78, 5) is 27.4. The van der Waals surface area contributed by atoms with Crippen molar-refractivity contribution >= 4 is 23.0 Å². The zero-order valence-corrected chi connectivity index (χ0v) is 14.9. The first kappa shape index (κ1) is 18.8. The van der Waals surface area contributed by atoms with Gasteiger partial charge in [-0.05, 0) is 37.3 Å². The van der Waals surface area contributed by atoms with Gasteiger partial charge in [-0.15, -0.1) is 0 Å². The number of halogens is 1. The van der Waals surface area contributed by atoms with E-state index in [1.807, 2.05) is 4.90 Å². The van der Waals surface area contributed by atoms with Gasteiger partial charge >= 0.3 is 0 Å². The van der Waals surface area contributed by atoms with Crippen LogP contribution in [0.4, 0.5) is 21.5 Å². The molecule has 0 atom stereocenters. The van der Waals surface area contributed by atoms with Gasteiger partial charge in [-0.2, -0.15) is 0 Å². The van der Waals surface area contributed by atoms with Crippen LogP contribution in [0.5, 0.6) is 0 Å². The van der Waals surface area contributed by atoms with Gasteiger partial charge < -0.3 is 14.5 Å². The molecule has 0 radical (unpaired) electrons. The lowest BCUT2D eigenvalue weighted by atomic mass is 10.1. The van der Waals surface area contributed by atoms with Crippen LogP contribution < -0.4 is 9.80 Å². The fourth-order valence-corrected chi connectivity index (χ4v) is 3.10. The number of nitro benzene ring substituents is 1. The highest BCUT2D eigenvalue weighted by molar-refractivity contribution is 6.10. The number of benzene rings is 2. The molecule has 142 valence electrons. The van der Waals surface area contributed by atoms with E-state index in [0.29, 0.717) is 44.2 Å². The van der Waals surface area contributed by atoms with Gasteiger partial charge in [-0.25, -0.2) is 4.39 Å². The van der Waals surface area contributed by atoms with E-state index in [0.717, 1.165) is 0 Å². The molecule has 0 aliphatic carbocycles. The van der Waals surface area contributed by atoms with Crippen molar-refractivity contribution in [2.45, 2.75) is 6.92 Å². The molecule has 0 bridgehead atoms. The number of rotatable bonds is 5. The molecular weight excluding hydrogens is 353 g/mol. The van der Waals surface area contributed by atoms with Crippen LogP contribution in [0.3, 0.4) is 0 Å². The summed E-state index contributed by atoms with van der Waals surface area (Å²) >= 11 is 0. The molecule has 1 fully saturated rings. The zero-order valence-electron chi connectivity index (χ0n) is 14.9. The van der Waals surface area contributed by atoms with E-state index in [9.17, 15) is 19.3 Å². The standard InChI is InChI=1S/C19H20FN3O4/c1-2-22(15-5-3-14(20)4-6-15)19(24)17-13-16(23(25)26)7-8-18(17)21-9-11-27-12-10-21/h3-8,13H,2,9-12H2,1H3. The van der Waals surface area contributed by atoms with Gasteiger partial charge in [0.15, 0.2) is 0 Å². The van der Waals surface area contributed by atoms with Gasteiger partial charge in [0, 0.05) is 37.5 Å². The van der Waals surface area contributed by atoms with Gasteiger partial charge in [-0.3, -0.25) is 14.9 Å². The van der Waals surface area contributed by atoms with E-state index in [4.69, 9.17) is 4.74 Å². The van der Waals surface area contributed by atoms with Crippen LogP contribution in [0.25, 0.3) is 0 Å². The first-order chi connectivity index (χ1) is 13.0. The minimum absolute atomic E-state index is 0.148. The highest BCUT2D eigenvalue weighted by Gasteiger charge is 2.25. The number of carbonyl (C=O) groups is 1. The van der Waals surface area contributed by atoms with Crippen molar-refractivity contribution in [1.82, 2.24) is 0 Å². The molecule has 3 rings (SSSR count). The van der Waals surface area contributed by atoms with Crippen molar-refractivity contribution < 1.29 is 18.8 Å². The summed E-state index contributed by atoms with van der Waals surface area (Å²) in [6, 6.07) is 9.90. The minimum Gasteiger partial charge on any atom is -0.378 e. The van der Waals surface area contributed by atoms with E-state index in [2.05, 4.69) is 0 Å². The Balaban J connectivity index is 2.02. The van der Waals surface area contributed by atoms with Crippen LogP contribution in [0.1, 0.15) is 17.3 Å². The van der Waals surface area contributed by atoms with Crippen LogP contribution in [0.2, 0.25) is 0 Å². The highest BCUT2D eigenvalue weighted by atomic mass is 19.1. The Morgan fingerprint density at radius 2 is 1.89 bits per heavy atom. The van der Waals surface area contributed by atoms with E-state index in [1.165, 1.54) is 41.3 Å². The normalized spacial score (nSPS) is 14.1. The van der Waals surface area contributed by atoms with E-state index in [-0.39, 0.29) is 17.2 Å². The topological polar surface area (TPSA) is 75.9 Å². The van der Waals surface area contributed by atoms with E-state index in [1.54, 1.807) is 13.0 Å². The fourth-order valence-electron chi connectivity index (χ4n) is 3.10. The molecule has 0 aromatic heterocycles. The maximum absolute atomic E-state index is 13.3. The molecule has 1 heterocycles. The van der Waals surface area contributed by atoms with Crippen molar-refractivity contribution in [2.75, 3.05) is 42.6 Å². The summed E-state index contributed by atoms with van der Waals surface area (Å²) in [5, 5.41) is 11.2. The van der Waals surface area contributed by atoms with E-state index < -0.39 is 10.7 Å². The maximum atomic E-state index is 13.3. The second-order valence-electron chi connectivity index (χ2n) is 6.08. The molecule has 1 aliphatic rings. The molecular formula is C19H20FN3O4. The predicted octanol–water partition coefficient (Wildman–Crippen LogP) is 3.24. The van der Waals surface area contributed by atoms with Crippen LogP contribution in [0.15, 0.2) is 42.5 Å². The smallest absolute Gasteiger partial charge is 0.270 e. The molecule has 0 spiro atoms. The molecule has 2 aromatic rings. The Bertz CT molecular complexity index is 835. The molecule has 1 saturated heterocycles. The second-order valence-corrected chi connectivity index (χ2v) is 6.08. The summed E-state index contributed by atoms with van der Waals surface area (Å²) in [6.45, 7) is 4.39. The molecule has 8 heteroatoms. The average Bonchev–Trinajstić information content (AvgIpc) is 2.70. The average molecular weight is 373 g/mol. The first-order valence-electron chi connectivity index (χ1n) is 8.70. The minimum atomic E-state index is -0.520. The monoisotopic (exact) mass is 373 g/mol. The summed E-state index contributed by atoms with van der Waals surface area (Å²) < 4.78 is 18.6. The molecule has 2 aromatic carbocycles. The Hall–Kier alpha value is -3.00. The number of hydrogen-bond acceptors (Lipinski definition) is 5. The molecule has 27 heavy (non-hydrogen) atoms. The van der Waals surface area contributed by atoms with Crippen LogP contribution in [-0.4, -0.2) is 43.7 Å².